The Bertz CT molecular complexity index is 1280. The van der Waals surface area contributed by atoms with Crippen LogP contribution in [0.15, 0.2) is 40.1 Å². The summed E-state index contributed by atoms with van der Waals surface area (Å²) in [5.41, 5.74) is -0.624. The molecule has 1 amide bonds. The summed E-state index contributed by atoms with van der Waals surface area (Å²) < 4.78 is 20.4. The van der Waals surface area contributed by atoms with Gasteiger partial charge in [-0.1, -0.05) is 0 Å². The number of halogens is 1. The Morgan fingerprint density at radius 3 is 2.39 bits per heavy atom. The van der Waals surface area contributed by atoms with Gasteiger partial charge in [0.15, 0.2) is 0 Å². The Morgan fingerprint density at radius 1 is 1.13 bits per heavy atom. The number of fused-ring (bicyclic) bond motifs is 1. The monoisotopic (exact) mass is 428 g/mol. The summed E-state index contributed by atoms with van der Waals surface area (Å²) in [4.78, 5) is 54.8. The van der Waals surface area contributed by atoms with E-state index in [1.54, 1.807) is 11.9 Å². The molecule has 0 atom stereocenters. The largest absolute Gasteiger partial charge is 0.469 e. The quantitative estimate of drug-likeness (QED) is 0.631. The Hall–Kier alpha value is -3.69. The number of aromatic nitrogens is 3. The third kappa shape index (κ3) is 3.54. The SMILES string of the molecule is COC(=O)C1CCN(C(=O)c2cn(C)c3c(=O)n(-c4ccc(F)cc4)c(=O)[nH]c23)CC1. The molecule has 4 rings (SSSR count). The molecule has 3 aromatic rings. The Kier molecular flexibility index (Phi) is 5.22. The van der Waals surface area contributed by atoms with E-state index in [1.165, 1.54) is 30.0 Å². The van der Waals surface area contributed by atoms with Gasteiger partial charge in [0.1, 0.15) is 11.3 Å². The zero-order valence-electron chi connectivity index (χ0n) is 17.1. The maximum atomic E-state index is 13.2. The van der Waals surface area contributed by atoms with Gasteiger partial charge < -0.3 is 19.2 Å². The van der Waals surface area contributed by atoms with E-state index in [1.807, 2.05) is 0 Å². The highest BCUT2D eigenvalue weighted by molar-refractivity contribution is 6.05. The molecule has 2 aromatic heterocycles. The first-order valence-corrected chi connectivity index (χ1v) is 9.79. The van der Waals surface area contributed by atoms with Crippen LogP contribution in [0, 0.1) is 11.7 Å². The highest BCUT2D eigenvalue weighted by Crippen LogP contribution is 2.23. The number of esters is 1. The van der Waals surface area contributed by atoms with Crippen molar-refractivity contribution >= 4 is 22.9 Å². The molecule has 0 aliphatic carbocycles. The third-order valence-electron chi connectivity index (χ3n) is 5.65. The molecule has 1 N–H and O–H groups in total. The van der Waals surface area contributed by atoms with Crippen LogP contribution >= 0.6 is 0 Å². The standard InChI is InChI=1S/C21H21FN4O5/c1-24-11-15(18(27)25-9-7-12(8-10-25)20(29)31-2)16-17(24)19(28)26(21(30)23-16)14-5-3-13(22)4-6-14/h3-6,11-12H,7-10H2,1-2H3,(H,23,30). The molecule has 0 spiro atoms. The second kappa shape index (κ2) is 7.86. The van der Waals surface area contributed by atoms with Crippen molar-refractivity contribution in [3.05, 3.63) is 62.7 Å². The van der Waals surface area contributed by atoms with Gasteiger partial charge in [-0.25, -0.2) is 13.8 Å². The second-order valence-electron chi connectivity index (χ2n) is 7.51. The van der Waals surface area contributed by atoms with Crippen LogP contribution in [0.2, 0.25) is 0 Å². The van der Waals surface area contributed by atoms with Gasteiger partial charge >= 0.3 is 11.7 Å². The molecular weight excluding hydrogens is 407 g/mol. The van der Waals surface area contributed by atoms with Crippen LogP contribution in [0.1, 0.15) is 23.2 Å². The van der Waals surface area contributed by atoms with Crippen LogP contribution in [0.3, 0.4) is 0 Å². The number of carbonyl (C=O) groups is 2. The lowest BCUT2D eigenvalue weighted by Crippen LogP contribution is -2.40. The zero-order chi connectivity index (χ0) is 22.3. The van der Waals surface area contributed by atoms with Crippen molar-refractivity contribution in [1.82, 2.24) is 19.0 Å². The average molecular weight is 428 g/mol. The third-order valence-corrected chi connectivity index (χ3v) is 5.65. The van der Waals surface area contributed by atoms with E-state index in [4.69, 9.17) is 4.74 Å². The molecule has 1 fully saturated rings. The zero-order valence-corrected chi connectivity index (χ0v) is 17.1. The number of amides is 1. The lowest BCUT2D eigenvalue weighted by Gasteiger charge is -2.30. The number of nitrogens with zero attached hydrogens (tertiary/aromatic N) is 3. The molecule has 9 nitrogen and oxygen atoms in total. The summed E-state index contributed by atoms with van der Waals surface area (Å²) in [6.45, 7) is 0.734. The minimum Gasteiger partial charge on any atom is -0.469 e. The number of hydrogen-bond donors (Lipinski definition) is 1. The molecule has 1 saturated heterocycles. The summed E-state index contributed by atoms with van der Waals surface area (Å²) in [5, 5.41) is 0. The number of methoxy groups -OCH3 is 1. The number of carbonyl (C=O) groups excluding carboxylic acids is 2. The highest BCUT2D eigenvalue weighted by atomic mass is 19.1. The fourth-order valence-electron chi connectivity index (χ4n) is 4.01. The lowest BCUT2D eigenvalue weighted by atomic mass is 9.96. The fraction of sp³-hybridized carbons (Fsp3) is 0.333. The van der Waals surface area contributed by atoms with Crippen LogP contribution in [-0.4, -0.2) is 51.1 Å². The van der Waals surface area contributed by atoms with Crippen LogP contribution in [0.5, 0.6) is 0 Å². The molecule has 1 aromatic carbocycles. The summed E-state index contributed by atoms with van der Waals surface area (Å²) >= 11 is 0. The van der Waals surface area contributed by atoms with Crippen molar-refractivity contribution in [1.29, 1.82) is 0 Å². The number of benzene rings is 1. The molecule has 0 radical (unpaired) electrons. The fourth-order valence-corrected chi connectivity index (χ4v) is 4.01. The van der Waals surface area contributed by atoms with Gasteiger partial charge in [-0.2, -0.15) is 0 Å². The summed E-state index contributed by atoms with van der Waals surface area (Å²) in [6, 6.07) is 4.98. The van der Waals surface area contributed by atoms with Gasteiger partial charge in [-0.05, 0) is 37.1 Å². The van der Waals surface area contributed by atoms with E-state index in [9.17, 15) is 23.6 Å². The Morgan fingerprint density at radius 2 is 1.77 bits per heavy atom. The van der Waals surface area contributed by atoms with Crippen molar-refractivity contribution in [2.24, 2.45) is 13.0 Å². The molecule has 0 bridgehead atoms. The topological polar surface area (TPSA) is 106 Å². The predicted molar refractivity (Wildman–Crippen MR) is 110 cm³/mol. The maximum absolute atomic E-state index is 13.2. The Labute approximate surface area is 175 Å². The second-order valence-corrected chi connectivity index (χ2v) is 7.51. The number of H-pyrrole nitrogens is 1. The molecule has 1 aliphatic rings. The van der Waals surface area contributed by atoms with Gasteiger partial charge in [0.2, 0.25) is 0 Å². The van der Waals surface area contributed by atoms with Crippen molar-refractivity contribution in [2.45, 2.75) is 12.8 Å². The smallest absolute Gasteiger partial charge is 0.333 e. The van der Waals surface area contributed by atoms with Crippen LogP contribution in [-0.2, 0) is 16.6 Å². The number of aromatic amines is 1. The number of likely N-dealkylation sites (tertiary alicyclic amines) is 1. The molecule has 31 heavy (non-hydrogen) atoms. The summed E-state index contributed by atoms with van der Waals surface area (Å²) in [6.07, 6.45) is 2.47. The van der Waals surface area contributed by atoms with Crippen molar-refractivity contribution in [3.63, 3.8) is 0 Å². The average Bonchev–Trinajstić information content (AvgIpc) is 3.10. The first-order chi connectivity index (χ1) is 14.8. The molecule has 3 heterocycles. The maximum Gasteiger partial charge on any atom is 0.333 e. The van der Waals surface area contributed by atoms with E-state index in [-0.39, 0.29) is 40.1 Å². The van der Waals surface area contributed by atoms with Crippen LogP contribution < -0.4 is 11.2 Å². The van der Waals surface area contributed by atoms with E-state index >= 15 is 0 Å². The van der Waals surface area contributed by atoms with E-state index < -0.39 is 17.1 Å². The number of nitrogens with one attached hydrogen (secondary N) is 1. The normalized spacial score (nSPS) is 14.7. The van der Waals surface area contributed by atoms with E-state index in [0.717, 1.165) is 16.7 Å². The number of piperidine rings is 1. The van der Waals surface area contributed by atoms with Crippen molar-refractivity contribution in [2.75, 3.05) is 20.2 Å². The number of rotatable bonds is 3. The van der Waals surface area contributed by atoms with Crippen LogP contribution in [0.25, 0.3) is 16.7 Å². The highest BCUT2D eigenvalue weighted by Gasteiger charge is 2.30. The van der Waals surface area contributed by atoms with Gasteiger partial charge in [0, 0.05) is 26.3 Å². The Balaban J connectivity index is 1.72. The van der Waals surface area contributed by atoms with E-state index in [0.29, 0.717) is 25.9 Å². The van der Waals surface area contributed by atoms with Crippen molar-refractivity contribution in [3.8, 4) is 5.69 Å². The predicted octanol–water partition coefficient (Wildman–Crippen LogP) is 1.18. The van der Waals surface area contributed by atoms with Gasteiger partial charge in [-0.3, -0.25) is 14.4 Å². The van der Waals surface area contributed by atoms with Crippen LogP contribution in [0.4, 0.5) is 4.39 Å². The minimum absolute atomic E-state index is 0.149. The molecule has 162 valence electrons. The molecular formula is C21H21FN4O5. The first-order valence-electron chi connectivity index (χ1n) is 9.79. The van der Waals surface area contributed by atoms with Crippen molar-refractivity contribution < 1.29 is 18.7 Å². The minimum atomic E-state index is -0.728. The van der Waals surface area contributed by atoms with Gasteiger partial charge in [-0.15, -0.1) is 0 Å². The van der Waals surface area contributed by atoms with Gasteiger partial charge in [0.25, 0.3) is 11.5 Å². The molecule has 0 saturated carbocycles. The number of aryl methyl sites for hydroxylation is 1. The molecule has 1 aliphatic heterocycles. The summed E-state index contributed by atoms with van der Waals surface area (Å²) in [5.74, 6) is -1.35. The molecule has 0 unspecified atom stereocenters. The number of ether oxygens (including phenoxy) is 1. The number of hydrogen-bond acceptors (Lipinski definition) is 5. The first kappa shape index (κ1) is 20.6. The molecule has 10 heteroatoms. The lowest BCUT2D eigenvalue weighted by molar-refractivity contribution is -0.146. The summed E-state index contributed by atoms with van der Waals surface area (Å²) in [7, 11) is 2.95. The van der Waals surface area contributed by atoms with E-state index in [2.05, 4.69) is 4.98 Å². The van der Waals surface area contributed by atoms with Gasteiger partial charge in [0.05, 0.1) is 29.8 Å².